The fraction of sp³-hybridized carbons (Fsp3) is 0.875. The van der Waals surface area contributed by atoms with E-state index in [2.05, 4.69) is 6.21 Å². The van der Waals surface area contributed by atoms with E-state index in [1.165, 1.54) is 0 Å². The fourth-order valence-corrected chi connectivity index (χ4v) is 1.28. The molecule has 1 aliphatic rings. The van der Waals surface area contributed by atoms with Crippen molar-refractivity contribution < 1.29 is 50.0 Å². The summed E-state index contributed by atoms with van der Waals surface area (Å²) in [4.78, 5) is 2.01. The number of halogens is 1. The summed E-state index contributed by atoms with van der Waals surface area (Å²) in [5.74, 6) is 0. The van der Waals surface area contributed by atoms with Crippen LogP contribution in [0.15, 0.2) is 0 Å². The molecular weight excluding hydrogens is 376 g/mol. The van der Waals surface area contributed by atoms with Gasteiger partial charge in [-0.25, -0.2) is 0 Å². The van der Waals surface area contributed by atoms with Crippen LogP contribution in [0.2, 0.25) is 0 Å². The van der Waals surface area contributed by atoms with Gasteiger partial charge in [-0.3, -0.25) is 4.90 Å². The molecule has 1 rings (SSSR count). The predicted molar refractivity (Wildman–Crippen MR) is 41.9 cm³/mol. The van der Waals surface area contributed by atoms with E-state index >= 15 is 0 Å². The molecule has 13 heavy (non-hydrogen) atoms. The Balaban J connectivity index is 0. The van der Waals surface area contributed by atoms with E-state index in [4.69, 9.17) is 0 Å². The molecule has 2 radical (unpaired) electrons. The number of nitrogens with zero attached hydrogens (tertiary/aromatic N) is 2. The van der Waals surface area contributed by atoms with Crippen LogP contribution in [0.4, 0.5) is 0 Å². The van der Waals surface area contributed by atoms with Gasteiger partial charge in [0.25, 0.3) is 0 Å². The fourth-order valence-electron chi connectivity index (χ4n) is 1.28. The van der Waals surface area contributed by atoms with Crippen molar-refractivity contribution in [3.05, 3.63) is 0 Å². The first kappa shape index (κ1) is 16.1. The van der Waals surface area contributed by atoms with E-state index in [0.29, 0.717) is 0 Å². The first-order valence-electron chi connectivity index (χ1n) is 3.77. The van der Waals surface area contributed by atoms with Crippen molar-refractivity contribution in [1.82, 2.24) is 4.90 Å². The Bertz CT molecular complexity index is 216. The van der Waals surface area contributed by atoms with Crippen LogP contribution in [-0.2, 0) is 32.9 Å². The Morgan fingerprint density at radius 1 is 1.23 bits per heavy atom. The van der Waals surface area contributed by atoms with Crippen LogP contribution in [0.1, 0.15) is 27.7 Å². The molecule has 0 saturated carbocycles. The monoisotopic (exact) mass is 392 g/mol. The normalized spacial score (nSPS) is 24.2. The molecule has 0 bridgehead atoms. The molecule has 1 aliphatic heterocycles. The Kier molecular flexibility index (Phi) is 5.51. The van der Waals surface area contributed by atoms with Crippen molar-refractivity contribution in [2.75, 3.05) is 7.05 Å². The summed E-state index contributed by atoms with van der Waals surface area (Å²) in [6.45, 7) is 7.74. The molecular formula is C8H15ClHgN2O. The van der Waals surface area contributed by atoms with Crippen molar-refractivity contribution in [3.63, 3.8) is 0 Å². The molecule has 0 aliphatic carbocycles. The van der Waals surface area contributed by atoms with Crippen molar-refractivity contribution in [2.24, 2.45) is 0 Å². The van der Waals surface area contributed by atoms with Gasteiger partial charge in [-0.1, -0.05) is 13.8 Å². The van der Waals surface area contributed by atoms with Crippen molar-refractivity contribution >= 4 is 6.21 Å². The van der Waals surface area contributed by atoms with E-state index in [-0.39, 0.29) is 45.6 Å². The molecule has 0 atom stereocenters. The number of hydrogen-bond donors (Lipinski definition) is 0. The molecule has 0 N–H and O–H groups in total. The minimum Gasteiger partial charge on any atom is -1.00 e. The molecule has 72 valence electrons. The van der Waals surface area contributed by atoms with Crippen LogP contribution in [0.25, 0.3) is 0 Å². The third kappa shape index (κ3) is 2.57. The zero-order valence-corrected chi connectivity index (χ0v) is 15.1. The van der Waals surface area contributed by atoms with E-state index in [0.717, 1.165) is 4.74 Å². The minimum atomic E-state index is -0.455. The number of rotatable bonds is 0. The average molecular weight is 391 g/mol. The third-order valence-electron chi connectivity index (χ3n) is 2.53. The molecule has 0 spiro atoms. The van der Waals surface area contributed by atoms with Crippen LogP contribution in [0, 0.1) is 0 Å². The van der Waals surface area contributed by atoms with Crippen molar-refractivity contribution in [1.29, 1.82) is 0 Å². The first-order valence-corrected chi connectivity index (χ1v) is 3.77. The summed E-state index contributed by atoms with van der Waals surface area (Å²) in [5.41, 5.74) is -0.700. The standard InChI is InChI=1S/C8H15N2O.ClH.Hg/c1-7(2)6-10(11)8(3,4)9(7)5;;/h1-5H3;1H;/q;;+1/p-1. The van der Waals surface area contributed by atoms with Gasteiger partial charge in [0.05, 0.1) is 0 Å². The maximum absolute atomic E-state index is 11.3. The summed E-state index contributed by atoms with van der Waals surface area (Å²) in [7, 11) is 1.94. The Morgan fingerprint density at radius 2 is 1.62 bits per heavy atom. The van der Waals surface area contributed by atoms with E-state index in [1.807, 2.05) is 39.6 Å². The van der Waals surface area contributed by atoms with Gasteiger partial charge in [-0.15, -0.1) is 11.0 Å². The van der Waals surface area contributed by atoms with E-state index < -0.39 is 5.66 Å². The SMILES string of the molecule is CN1C(C)(C)[C-]=[N+]([O])C1(C)C.[Cl-].[Hg+]. The molecule has 0 aromatic carbocycles. The molecule has 0 amide bonds. The summed E-state index contributed by atoms with van der Waals surface area (Å²) in [6.07, 6.45) is 2.84. The Labute approximate surface area is 107 Å². The second-order valence-electron chi connectivity index (χ2n) is 4.02. The molecule has 0 unspecified atom stereocenters. The second kappa shape index (κ2) is 4.45. The maximum Gasteiger partial charge on any atom is 1.00 e. The van der Waals surface area contributed by atoms with Gasteiger partial charge in [0, 0.05) is 13.8 Å². The van der Waals surface area contributed by atoms with Crippen LogP contribution in [-0.4, -0.2) is 34.1 Å². The maximum atomic E-state index is 11.3. The minimum absolute atomic E-state index is 0. The van der Waals surface area contributed by atoms with Crippen LogP contribution < -0.4 is 12.4 Å². The number of hydrogen-bond acceptors (Lipinski definition) is 1. The van der Waals surface area contributed by atoms with Gasteiger partial charge in [-0.2, -0.15) is 0 Å². The van der Waals surface area contributed by atoms with Crippen molar-refractivity contribution in [3.8, 4) is 0 Å². The summed E-state index contributed by atoms with van der Waals surface area (Å²) >= 11 is 0. The molecule has 0 aromatic heterocycles. The topological polar surface area (TPSA) is 26.1 Å². The van der Waals surface area contributed by atoms with E-state index in [9.17, 15) is 5.21 Å². The molecule has 0 fully saturated rings. The molecule has 0 saturated heterocycles. The summed E-state index contributed by atoms with van der Waals surface area (Å²) < 4.78 is 0.896. The summed E-state index contributed by atoms with van der Waals surface area (Å²) in [6, 6.07) is 0. The van der Waals surface area contributed by atoms with Gasteiger partial charge in [-0.05, 0) is 17.8 Å². The van der Waals surface area contributed by atoms with Crippen molar-refractivity contribution in [2.45, 2.75) is 38.9 Å². The van der Waals surface area contributed by atoms with Crippen LogP contribution >= 0.6 is 0 Å². The van der Waals surface area contributed by atoms with E-state index in [1.54, 1.807) is 0 Å². The predicted octanol–water partition coefficient (Wildman–Crippen LogP) is -2.25. The van der Waals surface area contributed by atoms with Gasteiger partial charge < -0.3 is 12.4 Å². The first-order chi connectivity index (χ1) is 4.78. The van der Waals surface area contributed by atoms with Gasteiger partial charge >= 0.3 is 27.7 Å². The van der Waals surface area contributed by atoms with Gasteiger partial charge in [0.2, 0.25) is 5.66 Å². The Morgan fingerprint density at radius 3 is 1.69 bits per heavy atom. The van der Waals surface area contributed by atoms with Gasteiger partial charge in [0.15, 0.2) is 0 Å². The second-order valence-corrected chi connectivity index (χ2v) is 4.02. The third-order valence-corrected chi connectivity index (χ3v) is 2.53. The van der Waals surface area contributed by atoms with Gasteiger partial charge in [0.1, 0.15) is 0 Å². The van der Waals surface area contributed by atoms with Crippen LogP contribution in [0.3, 0.4) is 0 Å². The largest absolute Gasteiger partial charge is 1.00 e. The van der Waals surface area contributed by atoms with Crippen LogP contribution in [0.5, 0.6) is 0 Å². The quantitative estimate of drug-likeness (QED) is 0.261. The number of hydroxylamine groups is 1. The average Bonchev–Trinajstić information content (AvgIpc) is 1.94. The zero-order chi connectivity index (χ0) is 8.86. The summed E-state index contributed by atoms with van der Waals surface area (Å²) in [5, 5.41) is 11.3. The molecule has 1 heterocycles. The molecule has 5 heteroatoms. The molecule has 0 aromatic rings. The smallest absolute Gasteiger partial charge is 1.00 e. The zero-order valence-electron chi connectivity index (χ0n) is 8.89. The Hall–Kier alpha value is 0.655. The molecule has 3 nitrogen and oxygen atoms in total.